The molecule has 0 fully saturated rings. The highest BCUT2D eigenvalue weighted by atomic mass is 16.3. The molecule has 0 saturated heterocycles. The van der Waals surface area contributed by atoms with E-state index in [1.54, 1.807) is 0 Å². The van der Waals surface area contributed by atoms with Crippen LogP contribution in [-0.2, 0) is 0 Å². The molecule has 2 heteroatoms. The van der Waals surface area contributed by atoms with Crippen LogP contribution in [0.4, 0.5) is 0 Å². The SMILES string of the molecule is C=C(C)C(C)C(O)CCO. The molecule has 0 amide bonds. The van der Waals surface area contributed by atoms with Crippen LogP contribution in [0.15, 0.2) is 12.2 Å². The monoisotopic (exact) mass is 144 g/mol. The molecule has 2 N–H and O–H groups in total. The Labute approximate surface area is 62.2 Å². The minimum Gasteiger partial charge on any atom is -0.396 e. The van der Waals surface area contributed by atoms with Crippen molar-refractivity contribution in [2.75, 3.05) is 6.61 Å². The third-order valence-corrected chi connectivity index (χ3v) is 1.78. The Balaban J connectivity index is 3.69. The van der Waals surface area contributed by atoms with Crippen LogP contribution in [0, 0.1) is 5.92 Å². The maximum Gasteiger partial charge on any atom is 0.0624 e. The van der Waals surface area contributed by atoms with Crippen molar-refractivity contribution in [2.24, 2.45) is 5.92 Å². The van der Waals surface area contributed by atoms with Crippen molar-refractivity contribution < 1.29 is 10.2 Å². The average molecular weight is 144 g/mol. The van der Waals surface area contributed by atoms with Gasteiger partial charge in [0.05, 0.1) is 6.10 Å². The summed E-state index contributed by atoms with van der Waals surface area (Å²) >= 11 is 0. The lowest BCUT2D eigenvalue weighted by Gasteiger charge is -2.17. The Morgan fingerprint density at radius 2 is 2.10 bits per heavy atom. The second kappa shape index (κ2) is 4.47. The number of rotatable bonds is 4. The summed E-state index contributed by atoms with van der Waals surface area (Å²) in [6.07, 6.45) is -0.00361. The number of hydrogen-bond donors (Lipinski definition) is 2. The molecule has 2 atom stereocenters. The van der Waals surface area contributed by atoms with E-state index in [0.717, 1.165) is 5.57 Å². The lowest BCUT2D eigenvalue weighted by molar-refractivity contribution is 0.0993. The molecule has 10 heavy (non-hydrogen) atoms. The second-order valence-corrected chi connectivity index (χ2v) is 2.71. The van der Waals surface area contributed by atoms with Gasteiger partial charge in [0.2, 0.25) is 0 Å². The smallest absolute Gasteiger partial charge is 0.0624 e. The molecule has 0 aliphatic rings. The molecule has 0 saturated carbocycles. The van der Waals surface area contributed by atoms with Crippen molar-refractivity contribution in [3.05, 3.63) is 12.2 Å². The zero-order valence-electron chi connectivity index (χ0n) is 6.67. The summed E-state index contributed by atoms with van der Waals surface area (Å²) in [5.74, 6) is 0.0900. The Morgan fingerprint density at radius 1 is 1.60 bits per heavy atom. The molecule has 0 bridgehead atoms. The van der Waals surface area contributed by atoms with E-state index in [2.05, 4.69) is 6.58 Å². The lowest BCUT2D eigenvalue weighted by Crippen LogP contribution is -2.19. The topological polar surface area (TPSA) is 40.5 Å². The maximum atomic E-state index is 9.27. The van der Waals surface area contributed by atoms with Crippen LogP contribution in [0.25, 0.3) is 0 Å². The summed E-state index contributed by atoms with van der Waals surface area (Å²) in [5.41, 5.74) is 0.959. The third kappa shape index (κ3) is 2.99. The van der Waals surface area contributed by atoms with Crippen LogP contribution in [0.5, 0.6) is 0 Å². The van der Waals surface area contributed by atoms with Crippen molar-refractivity contribution in [1.82, 2.24) is 0 Å². The van der Waals surface area contributed by atoms with E-state index >= 15 is 0 Å². The molecule has 0 heterocycles. The van der Waals surface area contributed by atoms with Gasteiger partial charge in [-0.25, -0.2) is 0 Å². The van der Waals surface area contributed by atoms with Crippen molar-refractivity contribution >= 4 is 0 Å². The van der Waals surface area contributed by atoms with Gasteiger partial charge in [-0.15, -0.1) is 0 Å². The van der Waals surface area contributed by atoms with E-state index in [4.69, 9.17) is 5.11 Å². The first-order valence-electron chi connectivity index (χ1n) is 3.54. The van der Waals surface area contributed by atoms with Gasteiger partial charge in [-0.3, -0.25) is 0 Å². The highest BCUT2D eigenvalue weighted by Gasteiger charge is 2.12. The molecule has 0 aromatic rings. The first-order chi connectivity index (χ1) is 4.59. The average Bonchev–Trinajstić information content (AvgIpc) is 1.87. The molecule has 2 nitrogen and oxygen atoms in total. The van der Waals surface area contributed by atoms with Crippen LogP contribution in [0.2, 0.25) is 0 Å². The number of aliphatic hydroxyl groups excluding tert-OH is 2. The molecule has 60 valence electrons. The summed E-state index contributed by atoms with van der Waals surface area (Å²) < 4.78 is 0. The van der Waals surface area contributed by atoms with Gasteiger partial charge in [-0.1, -0.05) is 19.1 Å². The first kappa shape index (κ1) is 9.66. The van der Waals surface area contributed by atoms with E-state index in [1.165, 1.54) is 0 Å². The number of aliphatic hydroxyl groups is 2. The Hall–Kier alpha value is -0.340. The van der Waals surface area contributed by atoms with Crippen molar-refractivity contribution in [3.63, 3.8) is 0 Å². The maximum absolute atomic E-state index is 9.27. The van der Waals surface area contributed by atoms with Gasteiger partial charge in [0.15, 0.2) is 0 Å². The van der Waals surface area contributed by atoms with Gasteiger partial charge < -0.3 is 10.2 Å². The third-order valence-electron chi connectivity index (χ3n) is 1.78. The molecule has 0 aromatic heterocycles. The molecule has 0 aliphatic carbocycles. The van der Waals surface area contributed by atoms with Gasteiger partial charge in [0, 0.05) is 12.5 Å². The largest absolute Gasteiger partial charge is 0.396 e. The van der Waals surface area contributed by atoms with Crippen LogP contribution in [0.1, 0.15) is 20.3 Å². The summed E-state index contributed by atoms with van der Waals surface area (Å²) in [7, 11) is 0. The fourth-order valence-corrected chi connectivity index (χ4v) is 0.711. The molecule has 0 aromatic carbocycles. The van der Waals surface area contributed by atoms with Gasteiger partial charge >= 0.3 is 0 Å². The lowest BCUT2D eigenvalue weighted by atomic mass is 9.96. The zero-order valence-corrected chi connectivity index (χ0v) is 6.67. The van der Waals surface area contributed by atoms with Gasteiger partial charge in [0.25, 0.3) is 0 Å². The molecule has 0 aliphatic heterocycles. The standard InChI is InChI=1S/C8H16O2/c1-6(2)7(3)8(10)4-5-9/h7-10H,1,4-5H2,2-3H3. The summed E-state index contributed by atoms with van der Waals surface area (Å²) in [5, 5.41) is 17.7. The quantitative estimate of drug-likeness (QED) is 0.576. The van der Waals surface area contributed by atoms with Crippen LogP contribution < -0.4 is 0 Å². The Bertz CT molecular complexity index is 110. The van der Waals surface area contributed by atoms with E-state index in [-0.39, 0.29) is 12.5 Å². The molecule has 0 spiro atoms. The molecule has 0 rings (SSSR count). The fraction of sp³-hybridized carbons (Fsp3) is 0.750. The van der Waals surface area contributed by atoms with E-state index in [0.29, 0.717) is 6.42 Å². The first-order valence-corrected chi connectivity index (χ1v) is 3.54. The molecule has 0 radical (unpaired) electrons. The fourth-order valence-electron chi connectivity index (χ4n) is 0.711. The van der Waals surface area contributed by atoms with Gasteiger partial charge in [0.1, 0.15) is 0 Å². The summed E-state index contributed by atoms with van der Waals surface area (Å²) in [4.78, 5) is 0. The molecular formula is C8H16O2. The minimum atomic E-state index is -0.442. The second-order valence-electron chi connectivity index (χ2n) is 2.71. The Morgan fingerprint density at radius 3 is 2.40 bits per heavy atom. The predicted octanol–water partition coefficient (Wildman–Crippen LogP) is 0.942. The normalized spacial score (nSPS) is 16.4. The van der Waals surface area contributed by atoms with E-state index in [9.17, 15) is 5.11 Å². The Kier molecular flexibility index (Phi) is 4.32. The van der Waals surface area contributed by atoms with E-state index in [1.807, 2.05) is 13.8 Å². The number of hydrogen-bond acceptors (Lipinski definition) is 2. The highest BCUT2D eigenvalue weighted by molar-refractivity contribution is 4.96. The highest BCUT2D eigenvalue weighted by Crippen LogP contribution is 2.14. The molecule has 2 unspecified atom stereocenters. The summed E-state index contributed by atoms with van der Waals surface area (Å²) in [6.45, 7) is 7.54. The zero-order chi connectivity index (χ0) is 8.15. The van der Waals surface area contributed by atoms with Crippen LogP contribution in [-0.4, -0.2) is 22.9 Å². The van der Waals surface area contributed by atoms with Gasteiger partial charge in [-0.05, 0) is 13.3 Å². The van der Waals surface area contributed by atoms with Crippen molar-refractivity contribution in [3.8, 4) is 0 Å². The predicted molar refractivity (Wildman–Crippen MR) is 41.7 cm³/mol. The van der Waals surface area contributed by atoms with Crippen LogP contribution >= 0.6 is 0 Å². The summed E-state index contributed by atoms with van der Waals surface area (Å²) in [6, 6.07) is 0. The van der Waals surface area contributed by atoms with Crippen molar-refractivity contribution in [1.29, 1.82) is 0 Å². The minimum absolute atomic E-state index is 0.0405. The van der Waals surface area contributed by atoms with Crippen molar-refractivity contribution in [2.45, 2.75) is 26.4 Å². The van der Waals surface area contributed by atoms with E-state index < -0.39 is 6.10 Å². The molecular weight excluding hydrogens is 128 g/mol. The van der Waals surface area contributed by atoms with Gasteiger partial charge in [-0.2, -0.15) is 0 Å². The van der Waals surface area contributed by atoms with Crippen LogP contribution in [0.3, 0.4) is 0 Å².